The maximum absolute atomic E-state index is 11.2. The Morgan fingerprint density at radius 1 is 1.92 bits per heavy atom. The van der Waals surface area contributed by atoms with E-state index in [1.54, 1.807) is 10.9 Å². The highest BCUT2D eigenvalue weighted by molar-refractivity contribution is 7.07. The minimum absolute atomic E-state index is 0.0208. The maximum Gasteiger partial charge on any atom is 0.270 e. The van der Waals surface area contributed by atoms with E-state index in [2.05, 4.69) is 10.3 Å². The van der Waals surface area contributed by atoms with E-state index in [4.69, 9.17) is 5.73 Å². The van der Waals surface area contributed by atoms with E-state index in [9.17, 15) is 4.79 Å². The lowest BCUT2D eigenvalue weighted by atomic mass is 10.3. The van der Waals surface area contributed by atoms with Gasteiger partial charge in [0.25, 0.3) is 5.91 Å². The molecule has 0 saturated carbocycles. The van der Waals surface area contributed by atoms with Crippen molar-refractivity contribution in [3.8, 4) is 0 Å². The van der Waals surface area contributed by atoms with Crippen molar-refractivity contribution in [3.05, 3.63) is 16.6 Å². The largest absolute Gasteiger partial charge is 0.349 e. The summed E-state index contributed by atoms with van der Waals surface area (Å²) in [6.07, 6.45) is 0. The Kier molecular flexibility index (Phi) is 3.19. The van der Waals surface area contributed by atoms with Crippen LogP contribution in [0.5, 0.6) is 0 Å². The smallest absolute Gasteiger partial charge is 0.270 e. The van der Waals surface area contributed by atoms with Crippen molar-refractivity contribution in [1.29, 1.82) is 0 Å². The number of thiazole rings is 1. The van der Waals surface area contributed by atoms with Gasteiger partial charge in [0, 0.05) is 18.0 Å². The molecule has 1 aromatic rings. The van der Waals surface area contributed by atoms with Gasteiger partial charge >= 0.3 is 0 Å². The standard InChI is InChI=1S/C7H11N3OS/c1-5(8)2-9-7(11)6-3-12-4-10-6/h3-5H,2,8H2,1H3,(H,9,11). The Morgan fingerprint density at radius 2 is 2.67 bits per heavy atom. The van der Waals surface area contributed by atoms with Crippen LogP contribution in [-0.2, 0) is 0 Å². The number of nitrogens with zero attached hydrogens (tertiary/aromatic N) is 1. The molecule has 1 aromatic heterocycles. The molecule has 0 aliphatic heterocycles. The number of nitrogens with one attached hydrogen (secondary N) is 1. The number of carbonyl (C=O) groups is 1. The van der Waals surface area contributed by atoms with Crippen LogP contribution >= 0.6 is 11.3 Å². The molecule has 4 nitrogen and oxygen atoms in total. The lowest BCUT2D eigenvalue weighted by molar-refractivity contribution is 0.0947. The molecule has 12 heavy (non-hydrogen) atoms. The minimum Gasteiger partial charge on any atom is -0.349 e. The fraction of sp³-hybridized carbons (Fsp3) is 0.429. The molecule has 1 unspecified atom stereocenters. The van der Waals surface area contributed by atoms with E-state index in [-0.39, 0.29) is 11.9 Å². The zero-order chi connectivity index (χ0) is 8.97. The highest BCUT2D eigenvalue weighted by atomic mass is 32.1. The normalized spacial score (nSPS) is 12.5. The van der Waals surface area contributed by atoms with E-state index in [0.717, 1.165) is 0 Å². The highest BCUT2D eigenvalue weighted by Crippen LogP contribution is 1.99. The predicted octanol–water partition coefficient (Wildman–Crippen LogP) is 0.220. The van der Waals surface area contributed by atoms with Crippen molar-refractivity contribution >= 4 is 17.2 Å². The number of hydrogen-bond acceptors (Lipinski definition) is 4. The lowest BCUT2D eigenvalue weighted by Gasteiger charge is -2.05. The first-order valence-electron chi connectivity index (χ1n) is 3.62. The number of hydrogen-bond donors (Lipinski definition) is 2. The second-order valence-electron chi connectivity index (χ2n) is 2.56. The minimum atomic E-state index is -0.159. The summed E-state index contributed by atoms with van der Waals surface area (Å²) in [6.45, 7) is 2.32. The molecule has 1 heterocycles. The molecule has 5 heteroatoms. The molecule has 0 saturated heterocycles. The molecule has 1 atom stereocenters. The van der Waals surface area contributed by atoms with Gasteiger partial charge in [-0.3, -0.25) is 4.79 Å². The van der Waals surface area contributed by atoms with Crippen LogP contribution in [0.15, 0.2) is 10.9 Å². The average Bonchev–Trinajstić information content (AvgIpc) is 2.51. The van der Waals surface area contributed by atoms with Crippen molar-refractivity contribution in [3.63, 3.8) is 0 Å². The third kappa shape index (κ3) is 2.60. The van der Waals surface area contributed by atoms with Gasteiger partial charge in [-0.15, -0.1) is 11.3 Å². The van der Waals surface area contributed by atoms with Gasteiger partial charge in [-0.25, -0.2) is 4.98 Å². The second kappa shape index (κ2) is 4.18. The molecule has 1 rings (SSSR count). The van der Waals surface area contributed by atoms with Crippen LogP contribution in [0.1, 0.15) is 17.4 Å². The van der Waals surface area contributed by atoms with Gasteiger partial charge in [-0.1, -0.05) is 0 Å². The summed E-state index contributed by atoms with van der Waals surface area (Å²) in [5.41, 5.74) is 7.55. The van der Waals surface area contributed by atoms with Crippen LogP contribution in [0.2, 0.25) is 0 Å². The van der Waals surface area contributed by atoms with Gasteiger partial charge in [0.05, 0.1) is 5.51 Å². The fourth-order valence-electron chi connectivity index (χ4n) is 0.669. The molecular weight excluding hydrogens is 174 g/mol. The molecule has 0 aliphatic carbocycles. The van der Waals surface area contributed by atoms with Crippen molar-refractivity contribution in [1.82, 2.24) is 10.3 Å². The van der Waals surface area contributed by atoms with Crippen LogP contribution in [0.3, 0.4) is 0 Å². The number of amides is 1. The number of carbonyl (C=O) groups excluding carboxylic acids is 1. The number of rotatable bonds is 3. The van der Waals surface area contributed by atoms with Crippen LogP contribution in [0.25, 0.3) is 0 Å². The molecule has 3 N–H and O–H groups in total. The molecule has 0 bridgehead atoms. The Hall–Kier alpha value is -0.940. The van der Waals surface area contributed by atoms with Crippen LogP contribution < -0.4 is 11.1 Å². The molecule has 0 aromatic carbocycles. The molecule has 66 valence electrons. The van der Waals surface area contributed by atoms with Gasteiger partial charge in [0.15, 0.2) is 0 Å². The van der Waals surface area contributed by atoms with Crippen LogP contribution in [-0.4, -0.2) is 23.5 Å². The number of aromatic nitrogens is 1. The van der Waals surface area contributed by atoms with E-state index in [1.165, 1.54) is 11.3 Å². The van der Waals surface area contributed by atoms with Crippen LogP contribution in [0, 0.1) is 0 Å². The monoisotopic (exact) mass is 185 g/mol. The molecular formula is C7H11N3OS. The van der Waals surface area contributed by atoms with Crippen molar-refractivity contribution in [2.24, 2.45) is 5.73 Å². The third-order valence-corrected chi connectivity index (χ3v) is 1.84. The summed E-state index contributed by atoms with van der Waals surface area (Å²) in [5.74, 6) is -0.159. The topological polar surface area (TPSA) is 68.0 Å². The van der Waals surface area contributed by atoms with Crippen molar-refractivity contribution in [2.45, 2.75) is 13.0 Å². The van der Waals surface area contributed by atoms with Gasteiger partial charge < -0.3 is 11.1 Å². The zero-order valence-corrected chi connectivity index (χ0v) is 7.60. The number of nitrogens with two attached hydrogens (primary N) is 1. The van der Waals surface area contributed by atoms with E-state index < -0.39 is 0 Å². The first-order chi connectivity index (χ1) is 5.70. The van der Waals surface area contributed by atoms with Gasteiger partial charge in [0.1, 0.15) is 5.69 Å². The van der Waals surface area contributed by atoms with E-state index in [0.29, 0.717) is 12.2 Å². The van der Waals surface area contributed by atoms with E-state index >= 15 is 0 Å². The maximum atomic E-state index is 11.2. The Morgan fingerprint density at radius 3 is 3.17 bits per heavy atom. The lowest BCUT2D eigenvalue weighted by Crippen LogP contribution is -2.35. The molecule has 0 aliphatic rings. The second-order valence-corrected chi connectivity index (χ2v) is 3.28. The first kappa shape index (κ1) is 9.15. The highest BCUT2D eigenvalue weighted by Gasteiger charge is 2.06. The fourth-order valence-corrected chi connectivity index (χ4v) is 1.20. The summed E-state index contributed by atoms with van der Waals surface area (Å²) in [4.78, 5) is 15.0. The summed E-state index contributed by atoms with van der Waals surface area (Å²) < 4.78 is 0. The summed E-state index contributed by atoms with van der Waals surface area (Å²) in [7, 11) is 0. The molecule has 0 spiro atoms. The van der Waals surface area contributed by atoms with Gasteiger partial charge in [-0.2, -0.15) is 0 Å². The summed E-state index contributed by atoms with van der Waals surface area (Å²) in [6, 6.07) is -0.0208. The zero-order valence-electron chi connectivity index (χ0n) is 6.78. The molecule has 0 radical (unpaired) electrons. The van der Waals surface area contributed by atoms with Gasteiger partial charge in [0.2, 0.25) is 0 Å². The quantitative estimate of drug-likeness (QED) is 0.708. The Labute approximate surface area is 74.8 Å². The van der Waals surface area contributed by atoms with Crippen molar-refractivity contribution < 1.29 is 4.79 Å². The van der Waals surface area contributed by atoms with E-state index in [1.807, 2.05) is 6.92 Å². The predicted molar refractivity (Wildman–Crippen MR) is 48.1 cm³/mol. The van der Waals surface area contributed by atoms with Crippen LogP contribution in [0.4, 0.5) is 0 Å². The first-order valence-corrected chi connectivity index (χ1v) is 4.56. The SMILES string of the molecule is CC(N)CNC(=O)c1cscn1. The third-order valence-electron chi connectivity index (χ3n) is 1.25. The Balaban J connectivity index is 2.40. The summed E-state index contributed by atoms with van der Waals surface area (Å²) in [5, 5.41) is 4.37. The van der Waals surface area contributed by atoms with Gasteiger partial charge in [-0.05, 0) is 6.92 Å². The van der Waals surface area contributed by atoms with Crippen molar-refractivity contribution in [2.75, 3.05) is 6.54 Å². The molecule has 0 fully saturated rings. The summed E-state index contributed by atoms with van der Waals surface area (Å²) >= 11 is 1.40. The Bertz CT molecular complexity index is 245. The molecule has 1 amide bonds. The average molecular weight is 185 g/mol.